The number of carbonyl (C=O) groups excluding carboxylic acids is 1. The standard InChI is InChI=1S/C23H29N7O16P2/c24-19(37)10-2-1-3-29(5-10)22-17(35)15(33)11(44-22)6-42-47(38,39)46-48(40,41)43-7-12-16(34)18(36)23(45-12)30-9-28-14-20(25-4-13(31)32)26-8-27-21(14)30/h1-3,5,8-9,11-12,15-18,22-23,33-36H,4,6-7H2,(H5-,24,25,26,27,31,32,37,38,39,40,41)/t11-,12-,15-,16-,17-,18-,22-,23-/m1/s1. The fourth-order valence-electron chi connectivity index (χ4n) is 4.84. The second kappa shape index (κ2) is 14.1. The highest BCUT2D eigenvalue weighted by atomic mass is 31.3. The Morgan fingerprint density at radius 2 is 1.73 bits per heavy atom. The Morgan fingerprint density at radius 1 is 1.04 bits per heavy atom. The number of aliphatic hydroxyl groups excluding tert-OH is 4. The molecule has 0 aliphatic carbocycles. The van der Waals surface area contributed by atoms with E-state index in [2.05, 4.69) is 33.6 Å². The number of hydrogen-bond acceptors (Lipinski definition) is 18. The number of nitrogens with one attached hydrogen (secondary N) is 1. The van der Waals surface area contributed by atoms with Gasteiger partial charge in [-0.1, -0.05) is 0 Å². The summed E-state index contributed by atoms with van der Waals surface area (Å²) in [5, 5.41) is 53.3. The van der Waals surface area contributed by atoms with Gasteiger partial charge in [0, 0.05) is 6.07 Å². The quantitative estimate of drug-likeness (QED) is 0.0585. The summed E-state index contributed by atoms with van der Waals surface area (Å²) in [6.45, 7) is -2.45. The van der Waals surface area contributed by atoms with E-state index in [-0.39, 0.29) is 22.5 Å². The topological polar surface area (TPSA) is 344 Å². The Balaban J connectivity index is 1.16. The lowest BCUT2D eigenvalue weighted by molar-refractivity contribution is -0.765. The highest BCUT2D eigenvalue weighted by molar-refractivity contribution is 7.60. The van der Waals surface area contributed by atoms with Crippen LogP contribution in [0.25, 0.3) is 11.2 Å². The summed E-state index contributed by atoms with van der Waals surface area (Å²) < 4.78 is 51.6. The lowest BCUT2D eigenvalue weighted by Gasteiger charge is -2.26. The number of nitrogens with zero attached hydrogens (tertiary/aromatic N) is 5. The van der Waals surface area contributed by atoms with Gasteiger partial charge in [0.05, 0.1) is 19.5 Å². The van der Waals surface area contributed by atoms with E-state index >= 15 is 0 Å². The fraction of sp³-hybridized carbons (Fsp3) is 0.478. The van der Waals surface area contributed by atoms with Gasteiger partial charge < -0.3 is 60.4 Å². The maximum absolute atomic E-state index is 12.5. The van der Waals surface area contributed by atoms with Crippen LogP contribution in [0.5, 0.6) is 0 Å². The molecule has 2 unspecified atom stereocenters. The Labute approximate surface area is 268 Å². The Hall–Kier alpha value is -3.54. The van der Waals surface area contributed by atoms with Gasteiger partial charge >= 0.3 is 13.8 Å². The number of pyridine rings is 1. The minimum Gasteiger partial charge on any atom is -0.756 e. The summed E-state index contributed by atoms with van der Waals surface area (Å²) in [6, 6.07) is 2.80. The molecule has 0 saturated carbocycles. The minimum absolute atomic E-state index is 0.0464. The van der Waals surface area contributed by atoms with Crippen LogP contribution in [0.2, 0.25) is 0 Å². The summed E-state index contributed by atoms with van der Waals surface area (Å²) in [5.41, 5.74) is 5.44. The number of carboxylic acid groups (broad SMARTS) is 1. The minimum atomic E-state index is -5.66. The van der Waals surface area contributed by atoms with Gasteiger partial charge in [-0.05, 0) is 6.07 Å². The van der Waals surface area contributed by atoms with Crippen molar-refractivity contribution in [2.45, 2.75) is 49.1 Å². The zero-order chi connectivity index (χ0) is 35.0. The van der Waals surface area contributed by atoms with Crippen molar-refractivity contribution in [3.63, 3.8) is 0 Å². The molecule has 0 bridgehead atoms. The first-order chi connectivity index (χ1) is 22.6. The second-order valence-electron chi connectivity index (χ2n) is 10.4. The van der Waals surface area contributed by atoms with Crippen LogP contribution in [0.15, 0.2) is 37.2 Å². The number of anilines is 1. The lowest BCUT2D eigenvalue weighted by Crippen LogP contribution is -2.46. The van der Waals surface area contributed by atoms with Crippen LogP contribution >= 0.6 is 15.6 Å². The van der Waals surface area contributed by atoms with Crippen LogP contribution in [0.3, 0.4) is 0 Å². The number of carboxylic acids is 1. The van der Waals surface area contributed by atoms with Crippen molar-refractivity contribution < 1.29 is 81.4 Å². The number of imidazole rings is 1. The molecule has 262 valence electrons. The average molecular weight is 721 g/mol. The van der Waals surface area contributed by atoms with Gasteiger partial charge in [0.2, 0.25) is 0 Å². The molecule has 3 aromatic rings. The number of ether oxygens (including phenoxy) is 2. The highest BCUT2D eigenvalue weighted by Gasteiger charge is 2.49. The smallest absolute Gasteiger partial charge is 0.478 e. The van der Waals surface area contributed by atoms with E-state index in [9.17, 15) is 48.9 Å². The number of fused-ring (bicyclic) bond motifs is 1. The molecule has 5 heterocycles. The normalized spacial score (nSPS) is 29.8. The van der Waals surface area contributed by atoms with Crippen molar-refractivity contribution in [3.8, 4) is 0 Å². The predicted octanol–water partition coefficient (Wildman–Crippen LogP) is -3.73. The zero-order valence-corrected chi connectivity index (χ0v) is 26.0. The Kier molecular flexibility index (Phi) is 10.5. The molecule has 25 heteroatoms. The van der Waals surface area contributed by atoms with Gasteiger partial charge in [-0.15, -0.1) is 0 Å². The maximum Gasteiger partial charge on any atom is 0.478 e. The number of phosphoric acid groups is 2. The Morgan fingerprint density at radius 3 is 2.44 bits per heavy atom. The average Bonchev–Trinajstić information content (AvgIpc) is 3.67. The Bertz CT molecular complexity index is 1760. The molecule has 5 rings (SSSR count). The van der Waals surface area contributed by atoms with Gasteiger partial charge in [-0.3, -0.25) is 23.2 Å². The van der Waals surface area contributed by atoms with Crippen LogP contribution in [0, 0.1) is 0 Å². The van der Waals surface area contributed by atoms with Crippen LogP contribution < -0.4 is 20.5 Å². The van der Waals surface area contributed by atoms with E-state index in [1.807, 2.05) is 0 Å². The molecule has 2 aliphatic heterocycles. The van der Waals surface area contributed by atoms with Crippen LogP contribution in [0.1, 0.15) is 22.8 Å². The van der Waals surface area contributed by atoms with Gasteiger partial charge in [0.1, 0.15) is 49.0 Å². The SMILES string of the molecule is NC(=O)c1ccc[n+]([C@@H]2O[C@H](COP(=O)([O-])OP(=O)(O)OC[C@H]3O[C@@H](n4cnc5c(NCC(=O)O)ncnc54)[C@H](O)[C@@H]3O)[C@@H](O)[C@H]2O)c1. The van der Waals surface area contributed by atoms with E-state index in [0.717, 1.165) is 12.7 Å². The molecule has 9 N–H and O–H groups in total. The van der Waals surface area contributed by atoms with Crippen molar-refractivity contribution in [1.82, 2.24) is 19.5 Å². The molecule has 2 saturated heterocycles. The highest BCUT2D eigenvalue weighted by Crippen LogP contribution is 2.58. The summed E-state index contributed by atoms with van der Waals surface area (Å²) in [6.07, 6.45) is -7.59. The number of primary amides is 1. The van der Waals surface area contributed by atoms with E-state index in [1.165, 1.54) is 33.7 Å². The molecule has 48 heavy (non-hydrogen) atoms. The molecule has 0 spiro atoms. The molecule has 0 radical (unpaired) electrons. The van der Waals surface area contributed by atoms with Gasteiger partial charge in [-0.25, -0.2) is 23.8 Å². The molecule has 2 fully saturated rings. The number of phosphoric ester groups is 2. The summed E-state index contributed by atoms with van der Waals surface area (Å²) >= 11 is 0. The summed E-state index contributed by atoms with van der Waals surface area (Å²) in [4.78, 5) is 56.7. The fourth-order valence-corrected chi connectivity index (χ4v) is 6.89. The van der Waals surface area contributed by atoms with E-state index in [4.69, 9.17) is 20.3 Å². The number of aliphatic hydroxyl groups is 4. The number of carbonyl (C=O) groups is 2. The molecule has 2 aliphatic rings. The molecular weight excluding hydrogens is 692 g/mol. The molecule has 3 aromatic heterocycles. The number of aliphatic carboxylic acids is 1. The van der Waals surface area contributed by atoms with Crippen molar-refractivity contribution >= 4 is 44.5 Å². The number of amides is 1. The first kappa shape index (κ1) is 35.8. The zero-order valence-electron chi connectivity index (χ0n) is 24.2. The van der Waals surface area contributed by atoms with Crippen LogP contribution in [-0.2, 0) is 36.8 Å². The number of nitrogens with two attached hydrogens (primary N) is 1. The summed E-state index contributed by atoms with van der Waals surface area (Å²) in [7, 11) is -11.1. The van der Waals surface area contributed by atoms with E-state index < -0.39 is 96.4 Å². The number of rotatable bonds is 14. The number of hydrogen-bond donors (Lipinski definition) is 8. The number of aromatic nitrogens is 5. The van der Waals surface area contributed by atoms with Crippen molar-refractivity contribution in [3.05, 3.63) is 42.7 Å². The van der Waals surface area contributed by atoms with Gasteiger partial charge in [-0.2, -0.15) is 4.57 Å². The predicted molar refractivity (Wildman–Crippen MR) is 149 cm³/mol. The van der Waals surface area contributed by atoms with Crippen LogP contribution in [0.4, 0.5) is 5.82 Å². The van der Waals surface area contributed by atoms with Gasteiger partial charge in [0.25, 0.3) is 20.0 Å². The largest absolute Gasteiger partial charge is 0.756 e. The third-order valence-corrected chi connectivity index (χ3v) is 9.68. The third kappa shape index (κ3) is 7.84. The van der Waals surface area contributed by atoms with E-state index in [0.29, 0.717) is 0 Å². The molecular formula is C23H29N7O16P2. The maximum atomic E-state index is 12.5. The van der Waals surface area contributed by atoms with Gasteiger partial charge in [0.15, 0.2) is 41.7 Å². The molecule has 23 nitrogen and oxygen atoms in total. The summed E-state index contributed by atoms with van der Waals surface area (Å²) in [5.74, 6) is -1.91. The molecule has 1 amide bonds. The van der Waals surface area contributed by atoms with Crippen LogP contribution in [-0.4, -0.2) is 118 Å². The molecule has 10 atom stereocenters. The lowest BCUT2D eigenvalue weighted by atomic mass is 10.1. The first-order valence-electron chi connectivity index (χ1n) is 13.7. The van der Waals surface area contributed by atoms with Crippen molar-refractivity contribution in [2.24, 2.45) is 5.73 Å². The molecule has 0 aromatic carbocycles. The monoisotopic (exact) mass is 721 g/mol. The van der Waals surface area contributed by atoms with Crippen molar-refractivity contribution in [2.75, 3.05) is 25.1 Å². The first-order valence-corrected chi connectivity index (χ1v) is 16.6. The third-order valence-electron chi connectivity index (χ3n) is 7.12. The van der Waals surface area contributed by atoms with E-state index in [1.54, 1.807) is 0 Å². The van der Waals surface area contributed by atoms with Crippen molar-refractivity contribution in [1.29, 1.82) is 0 Å². The second-order valence-corrected chi connectivity index (χ2v) is 13.4.